The molecular weight excluding hydrogens is 244 g/mol. The highest BCUT2D eigenvalue weighted by molar-refractivity contribution is 5.90. The van der Waals surface area contributed by atoms with Crippen LogP contribution in [0.5, 0.6) is 0 Å². The van der Waals surface area contributed by atoms with Crippen molar-refractivity contribution >= 4 is 17.8 Å². The van der Waals surface area contributed by atoms with Crippen LogP contribution in [0, 0.1) is 0 Å². The van der Waals surface area contributed by atoms with Crippen LogP contribution in [-0.4, -0.2) is 29.1 Å². The predicted molar refractivity (Wildman–Crippen MR) is 72.4 cm³/mol. The molecule has 102 valence electrons. The number of hydrogen-bond donors (Lipinski definition) is 1. The molecule has 1 aromatic rings. The average molecular weight is 262 g/mol. The Balaban J connectivity index is 2.94. The van der Waals surface area contributed by atoms with Crippen LogP contribution >= 0.6 is 0 Å². The maximum atomic E-state index is 11.7. The fourth-order valence-corrected chi connectivity index (χ4v) is 1.63. The summed E-state index contributed by atoms with van der Waals surface area (Å²) in [6.45, 7) is 3.12. The van der Waals surface area contributed by atoms with E-state index in [1.165, 1.54) is 13.0 Å². The summed E-state index contributed by atoms with van der Waals surface area (Å²) in [7, 11) is 0. The minimum atomic E-state index is -1.91. The molecule has 4 heteroatoms. The number of ketones is 1. The molecule has 0 spiro atoms. The highest BCUT2D eigenvalue weighted by atomic mass is 16.5. The Morgan fingerprint density at radius 1 is 1.32 bits per heavy atom. The van der Waals surface area contributed by atoms with E-state index in [-0.39, 0.29) is 18.8 Å². The van der Waals surface area contributed by atoms with Gasteiger partial charge in [0.25, 0.3) is 0 Å². The SMILES string of the molecule is CCOC(=O)[C@@](O)(/C=C/c1ccccc1)CC(C)=O. The van der Waals surface area contributed by atoms with Gasteiger partial charge in [-0.3, -0.25) is 4.79 Å². The Hall–Kier alpha value is -1.94. The molecule has 19 heavy (non-hydrogen) atoms. The molecular formula is C15H18O4. The van der Waals surface area contributed by atoms with E-state index in [9.17, 15) is 14.7 Å². The zero-order chi connectivity index (χ0) is 14.3. The van der Waals surface area contributed by atoms with E-state index in [1.54, 1.807) is 13.0 Å². The minimum absolute atomic E-state index is 0.151. The second-order valence-electron chi connectivity index (χ2n) is 4.27. The summed E-state index contributed by atoms with van der Waals surface area (Å²) < 4.78 is 4.80. The van der Waals surface area contributed by atoms with E-state index in [0.717, 1.165) is 5.56 Å². The molecule has 0 aliphatic carbocycles. The van der Waals surface area contributed by atoms with Gasteiger partial charge in [-0.05, 0) is 25.5 Å². The van der Waals surface area contributed by atoms with Crippen molar-refractivity contribution in [1.29, 1.82) is 0 Å². The van der Waals surface area contributed by atoms with Gasteiger partial charge < -0.3 is 9.84 Å². The second kappa shape index (κ2) is 6.85. The molecule has 0 aliphatic rings. The normalized spacial score (nSPS) is 14.1. The highest BCUT2D eigenvalue weighted by Crippen LogP contribution is 2.17. The van der Waals surface area contributed by atoms with E-state index in [2.05, 4.69) is 0 Å². The van der Waals surface area contributed by atoms with Crippen molar-refractivity contribution in [2.24, 2.45) is 0 Å². The maximum Gasteiger partial charge on any atom is 0.342 e. The fraction of sp³-hybridized carbons (Fsp3) is 0.333. The van der Waals surface area contributed by atoms with E-state index in [1.807, 2.05) is 30.3 Å². The quantitative estimate of drug-likeness (QED) is 0.796. The van der Waals surface area contributed by atoms with Gasteiger partial charge in [0.2, 0.25) is 0 Å². The highest BCUT2D eigenvalue weighted by Gasteiger charge is 2.36. The third kappa shape index (κ3) is 4.67. The van der Waals surface area contributed by atoms with Crippen LogP contribution in [0.4, 0.5) is 0 Å². The van der Waals surface area contributed by atoms with E-state index < -0.39 is 11.6 Å². The van der Waals surface area contributed by atoms with Crippen molar-refractivity contribution in [3.63, 3.8) is 0 Å². The van der Waals surface area contributed by atoms with Gasteiger partial charge >= 0.3 is 5.97 Å². The van der Waals surface area contributed by atoms with Crippen molar-refractivity contribution < 1.29 is 19.4 Å². The molecule has 1 atom stereocenters. The number of hydrogen-bond acceptors (Lipinski definition) is 4. The summed E-state index contributed by atoms with van der Waals surface area (Å²) in [5.41, 5.74) is -1.08. The summed E-state index contributed by atoms with van der Waals surface area (Å²) in [4.78, 5) is 22.9. The summed E-state index contributed by atoms with van der Waals surface area (Å²) in [5.74, 6) is -1.09. The van der Waals surface area contributed by atoms with Gasteiger partial charge in [-0.1, -0.05) is 36.4 Å². The van der Waals surface area contributed by atoms with Gasteiger partial charge in [0.15, 0.2) is 5.60 Å². The van der Waals surface area contributed by atoms with Crippen LogP contribution in [0.1, 0.15) is 25.8 Å². The summed E-state index contributed by atoms with van der Waals surface area (Å²) in [5, 5.41) is 10.3. The van der Waals surface area contributed by atoms with Crippen LogP contribution in [0.15, 0.2) is 36.4 Å². The third-order valence-electron chi connectivity index (χ3n) is 2.50. The van der Waals surface area contributed by atoms with Crippen LogP contribution in [0.2, 0.25) is 0 Å². The zero-order valence-electron chi connectivity index (χ0n) is 11.1. The van der Waals surface area contributed by atoms with Crippen molar-refractivity contribution in [1.82, 2.24) is 0 Å². The van der Waals surface area contributed by atoms with E-state index in [4.69, 9.17) is 4.74 Å². The third-order valence-corrected chi connectivity index (χ3v) is 2.50. The standard InChI is InChI=1S/C15H18O4/c1-3-19-14(17)15(18,11-12(2)16)10-9-13-7-5-4-6-8-13/h4-10,18H,3,11H2,1-2H3/b10-9+/t15-/m1/s1. The Morgan fingerprint density at radius 2 is 1.95 bits per heavy atom. The van der Waals surface area contributed by atoms with Gasteiger partial charge in [0.05, 0.1) is 6.61 Å². The fourth-order valence-electron chi connectivity index (χ4n) is 1.63. The molecule has 0 bridgehead atoms. The molecule has 1 N–H and O–H groups in total. The largest absolute Gasteiger partial charge is 0.464 e. The monoisotopic (exact) mass is 262 g/mol. The first kappa shape index (κ1) is 15.1. The lowest BCUT2D eigenvalue weighted by Gasteiger charge is -2.20. The van der Waals surface area contributed by atoms with E-state index >= 15 is 0 Å². The zero-order valence-corrected chi connectivity index (χ0v) is 11.1. The van der Waals surface area contributed by atoms with Crippen molar-refractivity contribution in [2.75, 3.05) is 6.61 Å². The van der Waals surface area contributed by atoms with Crippen molar-refractivity contribution in [3.8, 4) is 0 Å². The second-order valence-corrected chi connectivity index (χ2v) is 4.27. The molecule has 0 aliphatic heterocycles. The molecule has 0 amide bonds. The number of carbonyl (C=O) groups is 2. The lowest BCUT2D eigenvalue weighted by molar-refractivity contribution is -0.161. The molecule has 0 heterocycles. The topological polar surface area (TPSA) is 63.6 Å². The van der Waals surface area contributed by atoms with Gasteiger partial charge in [0, 0.05) is 6.42 Å². The first-order valence-corrected chi connectivity index (χ1v) is 6.11. The lowest BCUT2D eigenvalue weighted by atomic mass is 9.96. The first-order chi connectivity index (χ1) is 8.98. The molecule has 1 rings (SSSR count). The van der Waals surface area contributed by atoms with Crippen LogP contribution in [0.3, 0.4) is 0 Å². The van der Waals surface area contributed by atoms with Crippen molar-refractivity contribution in [3.05, 3.63) is 42.0 Å². The van der Waals surface area contributed by atoms with Crippen molar-refractivity contribution in [2.45, 2.75) is 25.9 Å². The lowest BCUT2D eigenvalue weighted by Crippen LogP contribution is -2.39. The van der Waals surface area contributed by atoms with Gasteiger partial charge in [-0.15, -0.1) is 0 Å². The number of ether oxygens (including phenoxy) is 1. The predicted octanol–water partition coefficient (Wildman–Crippen LogP) is 1.97. The maximum absolute atomic E-state index is 11.7. The molecule has 0 saturated carbocycles. The Labute approximate surface area is 112 Å². The molecule has 0 unspecified atom stereocenters. The average Bonchev–Trinajstić information content (AvgIpc) is 2.37. The molecule has 0 saturated heterocycles. The smallest absolute Gasteiger partial charge is 0.342 e. The number of aliphatic hydroxyl groups is 1. The minimum Gasteiger partial charge on any atom is -0.464 e. The first-order valence-electron chi connectivity index (χ1n) is 6.11. The van der Waals surface area contributed by atoms with Gasteiger partial charge in [0.1, 0.15) is 5.78 Å². The molecule has 0 fully saturated rings. The molecule has 0 aromatic heterocycles. The summed E-state index contributed by atoms with van der Waals surface area (Å²) >= 11 is 0. The number of benzene rings is 1. The van der Waals surface area contributed by atoms with Gasteiger partial charge in [-0.25, -0.2) is 4.79 Å². The summed E-state index contributed by atoms with van der Waals surface area (Å²) in [6, 6.07) is 9.21. The molecule has 4 nitrogen and oxygen atoms in total. The Morgan fingerprint density at radius 3 is 2.47 bits per heavy atom. The Kier molecular flexibility index (Phi) is 5.45. The van der Waals surface area contributed by atoms with Crippen LogP contribution in [-0.2, 0) is 14.3 Å². The van der Waals surface area contributed by atoms with Crippen LogP contribution in [0.25, 0.3) is 6.08 Å². The number of esters is 1. The van der Waals surface area contributed by atoms with Gasteiger partial charge in [-0.2, -0.15) is 0 Å². The van der Waals surface area contributed by atoms with Crippen LogP contribution < -0.4 is 0 Å². The van der Waals surface area contributed by atoms with E-state index in [0.29, 0.717) is 0 Å². The number of carbonyl (C=O) groups excluding carboxylic acids is 2. The molecule has 1 aromatic carbocycles. The number of rotatable bonds is 6. The Bertz CT molecular complexity index is 464. The number of Topliss-reactive ketones (excluding diaryl/α,β-unsaturated/α-hetero) is 1. The molecule has 0 radical (unpaired) electrons. The summed E-state index contributed by atoms with van der Waals surface area (Å²) in [6.07, 6.45) is 2.61.